The smallest absolute Gasteiger partial charge is 0.0998 e. The Hall–Kier alpha value is -6.40. The summed E-state index contributed by atoms with van der Waals surface area (Å²) in [7, 11) is 0. The number of para-hydroxylation sites is 2. The van der Waals surface area contributed by atoms with Gasteiger partial charge >= 0.3 is 0 Å². The molecule has 4 nitrogen and oxygen atoms in total. The average molecular weight is 643 g/mol. The Morgan fingerprint density at radius 3 is 2.31 bits per heavy atom. The van der Waals surface area contributed by atoms with E-state index in [1.807, 2.05) is 53.8 Å². The van der Waals surface area contributed by atoms with Crippen LogP contribution in [-0.4, -0.2) is 9.13 Å². The van der Waals surface area contributed by atoms with Crippen LogP contribution in [0.2, 0.25) is 0 Å². The van der Waals surface area contributed by atoms with Gasteiger partial charge in [-0.15, -0.1) is 11.3 Å². The summed E-state index contributed by atoms with van der Waals surface area (Å²) in [6.45, 7) is 0. The van der Waals surface area contributed by atoms with E-state index < -0.39 is 0 Å². The van der Waals surface area contributed by atoms with E-state index in [9.17, 15) is 10.5 Å². The highest BCUT2D eigenvalue weighted by molar-refractivity contribution is 7.21. The zero-order valence-corrected chi connectivity index (χ0v) is 27.1. The molecule has 0 saturated heterocycles. The highest BCUT2D eigenvalue weighted by atomic mass is 32.1. The molecule has 0 saturated carbocycles. The van der Waals surface area contributed by atoms with E-state index in [1.165, 1.54) is 36.8 Å². The largest absolute Gasteiger partial charge is 0.309 e. The molecular formula is C44H26N4S. The lowest BCUT2D eigenvalue weighted by atomic mass is 9.96. The Balaban J connectivity index is 1.30. The first-order valence-electron chi connectivity index (χ1n) is 16.4. The lowest BCUT2D eigenvalue weighted by molar-refractivity contribution is 1.01. The highest BCUT2D eigenvalue weighted by Gasteiger charge is 2.23. The molecule has 0 N–H and O–H groups in total. The van der Waals surface area contributed by atoms with Crippen LogP contribution in [0.25, 0.3) is 82.3 Å². The van der Waals surface area contributed by atoms with Crippen LogP contribution in [0.3, 0.4) is 0 Å². The zero-order chi connectivity index (χ0) is 32.6. The average Bonchev–Trinajstić information content (AvgIpc) is 3.81. The van der Waals surface area contributed by atoms with Gasteiger partial charge in [-0.25, -0.2) is 0 Å². The molecule has 49 heavy (non-hydrogen) atoms. The van der Waals surface area contributed by atoms with Crippen LogP contribution in [0.4, 0.5) is 0 Å². The molecule has 0 amide bonds. The maximum absolute atomic E-state index is 10.6. The van der Waals surface area contributed by atoms with Crippen LogP contribution < -0.4 is 0 Å². The van der Waals surface area contributed by atoms with Crippen LogP contribution in [0.5, 0.6) is 0 Å². The second-order valence-corrected chi connectivity index (χ2v) is 13.7. The van der Waals surface area contributed by atoms with Gasteiger partial charge in [0.2, 0.25) is 0 Å². The number of aromatic nitrogens is 2. The summed E-state index contributed by atoms with van der Waals surface area (Å²) in [4.78, 5) is 1.37. The van der Waals surface area contributed by atoms with Crippen LogP contribution in [0, 0.1) is 22.7 Å². The summed E-state index contributed by atoms with van der Waals surface area (Å²) in [5, 5.41) is 26.2. The second kappa shape index (κ2) is 10.6. The van der Waals surface area contributed by atoms with E-state index in [4.69, 9.17) is 0 Å². The summed E-state index contributed by atoms with van der Waals surface area (Å²) in [6, 6.07) is 46.8. The molecule has 5 heteroatoms. The lowest BCUT2D eigenvalue weighted by Gasteiger charge is -2.16. The maximum Gasteiger partial charge on any atom is 0.0998 e. The van der Waals surface area contributed by atoms with Crippen LogP contribution >= 0.6 is 11.3 Å². The number of fused-ring (bicyclic) bond motifs is 10. The van der Waals surface area contributed by atoms with Crippen molar-refractivity contribution < 1.29 is 0 Å². The van der Waals surface area contributed by atoms with Gasteiger partial charge < -0.3 is 9.13 Å². The molecule has 1 aliphatic rings. The van der Waals surface area contributed by atoms with Crippen LogP contribution in [0.15, 0.2) is 127 Å². The van der Waals surface area contributed by atoms with E-state index in [1.54, 1.807) is 0 Å². The van der Waals surface area contributed by atoms with E-state index in [-0.39, 0.29) is 0 Å². The molecule has 0 atom stereocenters. The van der Waals surface area contributed by atoms with Crippen LogP contribution in [0.1, 0.15) is 28.0 Å². The number of rotatable bonds is 3. The fraction of sp³-hybridized carbons (Fsp3) is 0.0455. The Morgan fingerprint density at radius 2 is 1.43 bits per heavy atom. The summed E-state index contributed by atoms with van der Waals surface area (Å²) in [5.41, 5.74) is 10.9. The van der Waals surface area contributed by atoms with E-state index >= 15 is 0 Å². The molecule has 0 fully saturated rings. The molecule has 9 aromatic rings. The number of aryl methyl sites for hydroxylation is 1. The number of benzene rings is 6. The van der Waals surface area contributed by atoms with E-state index in [0.29, 0.717) is 11.1 Å². The maximum atomic E-state index is 10.6. The third-order valence-electron chi connectivity index (χ3n) is 10.1. The molecule has 0 unspecified atom stereocenters. The minimum atomic E-state index is 0.610. The molecular weight excluding hydrogens is 617 g/mol. The molecule has 0 bridgehead atoms. The summed E-state index contributed by atoms with van der Waals surface area (Å²) in [6.07, 6.45) is 6.74. The first-order chi connectivity index (χ1) is 24.2. The van der Waals surface area contributed by atoms with Crippen LogP contribution in [-0.2, 0) is 6.42 Å². The van der Waals surface area contributed by atoms with Crippen molar-refractivity contribution >= 4 is 71.1 Å². The fourth-order valence-corrected chi connectivity index (χ4v) is 9.31. The van der Waals surface area contributed by atoms with E-state index in [0.717, 1.165) is 62.7 Å². The molecule has 0 aliphatic heterocycles. The number of hydrogen-bond acceptors (Lipinski definition) is 3. The highest BCUT2D eigenvalue weighted by Crippen LogP contribution is 2.45. The predicted octanol–water partition coefficient (Wildman–Crippen LogP) is 11.5. The Labute approximate surface area is 286 Å². The molecule has 3 heterocycles. The lowest BCUT2D eigenvalue weighted by Crippen LogP contribution is -2.00. The van der Waals surface area contributed by atoms with Crippen molar-refractivity contribution in [3.8, 4) is 34.6 Å². The summed E-state index contributed by atoms with van der Waals surface area (Å²) in [5.74, 6) is 0. The first-order valence-corrected chi connectivity index (χ1v) is 17.3. The number of hydrogen-bond donors (Lipinski definition) is 0. The van der Waals surface area contributed by atoms with Gasteiger partial charge in [0, 0.05) is 42.4 Å². The molecule has 228 valence electrons. The van der Waals surface area contributed by atoms with Gasteiger partial charge in [-0.05, 0) is 96.1 Å². The molecule has 10 rings (SSSR count). The third kappa shape index (κ3) is 3.94. The number of allylic oxidation sites excluding steroid dienone is 1. The Morgan fingerprint density at radius 1 is 0.612 bits per heavy atom. The Bertz CT molecular complexity index is 2960. The van der Waals surface area contributed by atoms with Crippen molar-refractivity contribution in [1.29, 1.82) is 10.5 Å². The fourth-order valence-electron chi connectivity index (χ4n) is 7.97. The van der Waals surface area contributed by atoms with E-state index in [2.05, 4.69) is 112 Å². The number of thiophene rings is 1. The quantitative estimate of drug-likeness (QED) is 0.193. The molecule has 6 aromatic carbocycles. The van der Waals surface area contributed by atoms with Crippen molar-refractivity contribution in [1.82, 2.24) is 9.13 Å². The Kier molecular flexibility index (Phi) is 5.96. The molecule has 0 radical (unpaired) electrons. The number of nitrogens with zero attached hydrogens (tertiary/aromatic N) is 4. The van der Waals surface area contributed by atoms with Crippen molar-refractivity contribution in [2.75, 3.05) is 0 Å². The zero-order valence-electron chi connectivity index (χ0n) is 26.3. The van der Waals surface area contributed by atoms with Crippen molar-refractivity contribution in [3.63, 3.8) is 0 Å². The van der Waals surface area contributed by atoms with Gasteiger partial charge in [0.25, 0.3) is 0 Å². The van der Waals surface area contributed by atoms with Gasteiger partial charge in [0.1, 0.15) is 0 Å². The van der Waals surface area contributed by atoms with Crippen molar-refractivity contribution in [2.24, 2.45) is 0 Å². The van der Waals surface area contributed by atoms with Crippen molar-refractivity contribution in [2.45, 2.75) is 12.8 Å². The normalized spacial score (nSPS) is 12.6. The van der Waals surface area contributed by atoms with Gasteiger partial charge in [-0.2, -0.15) is 10.5 Å². The summed E-state index contributed by atoms with van der Waals surface area (Å²) >= 11 is 1.90. The van der Waals surface area contributed by atoms with Gasteiger partial charge in [-0.3, -0.25) is 0 Å². The van der Waals surface area contributed by atoms with Gasteiger partial charge in [0.15, 0.2) is 0 Å². The van der Waals surface area contributed by atoms with Crippen molar-refractivity contribution in [3.05, 3.63) is 149 Å². The summed E-state index contributed by atoms with van der Waals surface area (Å²) < 4.78 is 5.95. The molecule has 1 aliphatic carbocycles. The SMILES string of the molecule is N#Cc1ccc2c(c1)c1ccccc1n2-c1cccc(C#N)c1-c1ccc2c3c4sc5c(c4ccc3n(-c3ccccc3)c2c1)CCC=C5. The second-order valence-electron chi connectivity index (χ2n) is 12.6. The van der Waals surface area contributed by atoms with Gasteiger partial charge in [-0.1, -0.05) is 66.7 Å². The standard InChI is InChI=1S/C44H26N4S/c45-25-27-17-21-37-35(23-27)31-12-4-6-14-36(31)48(37)38-15-8-9-29(26-46)42(38)28-18-19-34-40(24-28)47(30-10-2-1-3-11-30)39-22-20-33-32-13-5-7-16-41(32)49-44(33)43(34)39/h1-4,6-12,14-24H,5,13H2. The van der Waals surface area contributed by atoms with Gasteiger partial charge in [0.05, 0.1) is 51.0 Å². The first kappa shape index (κ1) is 27.7. The monoisotopic (exact) mass is 642 g/mol. The molecule has 0 spiro atoms. The topological polar surface area (TPSA) is 57.4 Å². The predicted molar refractivity (Wildman–Crippen MR) is 203 cm³/mol. The third-order valence-corrected chi connectivity index (χ3v) is 11.3. The minimum Gasteiger partial charge on any atom is -0.309 e. The molecule has 3 aromatic heterocycles. The minimum absolute atomic E-state index is 0.610. The number of nitriles is 2.